The minimum absolute atomic E-state index is 0.130. The lowest BCUT2D eigenvalue weighted by Gasteiger charge is -2.09. The highest BCUT2D eigenvalue weighted by Crippen LogP contribution is 2.22. The number of methoxy groups -OCH3 is 1. The number of benzene rings is 1. The SMILES string of the molecule is COc1ccc(CC(N)c2ccc(Br)o2)cc1. The van der Waals surface area contributed by atoms with Gasteiger partial charge in [-0.05, 0) is 52.2 Å². The lowest BCUT2D eigenvalue weighted by atomic mass is 10.0. The molecule has 1 atom stereocenters. The molecule has 0 aliphatic rings. The second-order valence-corrected chi connectivity index (χ2v) is 4.58. The Hall–Kier alpha value is -1.26. The van der Waals surface area contributed by atoms with Gasteiger partial charge in [0.25, 0.3) is 0 Å². The molecule has 3 nitrogen and oxygen atoms in total. The van der Waals surface area contributed by atoms with Crippen molar-refractivity contribution in [2.24, 2.45) is 5.73 Å². The van der Waals surface area contributed by atoms with Gasteiger partial charge in [0, 0.05) is 0 Å². The van der Waals surface area contributed by atoms with E-state index >= 15 is 0 Å². The molecule has 1 unspecified atom stereocenters. The largest absolute Gasteiger partial charge is 0.497 e. The standard InChI is InChI=1S/C13H14BrNO2/c1-16-10-4-2-9(3-5-10)8-11(15)12-6-7-13(14)17-12/h2-7,11H,8,15H2,1H3. The van der Waals surface area contributed by atoms with Crippen molar-refractivity contribution in [2.45, 2.75) is 12.5 Å². The molecule has 1 heterocycles. The second-order valence-electron chi connectivity index (χ2n) is 3.80. The fourth-order valence-electron chi connectivity index (χ4n) is 1.64. The number of nitrogens with two attached hydrogens (primary N) is 1. The first-order valence-electron chi connectivity index (χ1n) is 5.33. The van der Waals surface area contributed by atoms with Gasteiger partial charge in [0.2, 0.25) is 0 Å². The van der Waals surface area contributed by atoms with E-state index in [9.17, 15) is 0 Å². The summed E-state index contributed by atoms with van der Waals surface area (Å²) in [4.78, 5) is 0. The molecule has 0 bridgehead atoms. The monoisotopic (exact) mass is 295 g/mol. The predicted molar refractivity (Wildman–Crippen MR) is 70.0 cm³/mol. The third-order valence-corrected chi connectivity index (χ3v) is 3.00. The number of ether oxygens (including phenoxy) is 1. The lowest BCUT2D eigenvalue weighted by molar-refractivity contribution is 0.414. The van der Waals surface area contributed by atoms with Crippen molar-refractivity contribution in [1.82, 2.24) is 0 Å². The minimum Gasteiger partial charge on any atom is -0.497 e. The average Bonchev–Trinajstić information content (AvgIpc) is 2.77. The summed E-state index contributed by atoms with van der Waals surface area (Å²) in [6.07, 6.45) is 0.740. The third-order valence-electron chi connectivity index (χ3n) is 2.57. The van der Waals surface area contributed by atoms with E-state index in [4.69, 9.17) is 14.9 Å². The maximum Gasteiger partial charge on any atom is 0.169 e. The Balaban J connectivity index is 2.04. The fourth-order valence-corrected chi connectivity index (χ4v) is 1.96. The first-order valence-corrected chi connectivity index (χ1v) is 6.12. The molecule has 4 heteroatoms. The number of furan rings is 1. The zero-order chi connectivity index (χ0) is 12.3. The van der Waals surface area contributed by atoms with Crippen molar-refractivity contribution in [3.8, 4) is 5.75 Å². The first-order chi connectivity index (χ1) is 8.19. The molecule has 0 amide bonds. The molecule has 17 heavy (non-hydrogen) atoms. The van der Waals surface area contributed by atoms with Crippen molar-refractivity contribution in [3.05, 3.63) is 52.4 Å². The van der Waals surface area contributed by atoms with Crippen LogP contribution in [0.1, 0.15) is 17.4 Å². The molecular formula is C13H14BrNO2. The molecule has 0 fully saturated rings. The highest BCUT2D eigenvalue weighted by Gasteiger charge is 2.11. The number of halogens is 1. The van der Waals surface area contributed by atoms with Crippen molar-refractivity contribution in [2.75, 3.05) is 7.11 Å². The maximum atomic E-state index is 6.07. The molecule has 2 N–H and O–H groups in total. The number of hydrogen-bond acceptors (Lipinski definition) is 3. The highest BCUT2D eigenvalue weighted by atomic mass is 79.9. The van der Waals surface area contributed by atoms with E-state index in [1.807, 2.05) is 36.4 Å². The zero-order valence-corrected chi connectivity index (χ0v) is 11.1. The molecule has 0 saturated heterocycles. The summed E-state index contributed by atoms with van der Waals surface area (Å²) in [5.74, 6) is 1.63. The van der Waals surface area contributed by atoms with E-state index in [-0.39, 0.29) is 6.04 Å². The molecular weight excluding hydrogens is 282 g/mol. The molecule has 1 aromatic heterocycles. The van der Waals surface area contributed by atoms with Crippen LogP contribution in [0, 0.1) is 0 Å². The van der Waals surface area contributed by atoms with Crippen molar-refractivity contribution in [1.29, 1.82) is 0 Å². The fraction of sp³-hybridized carbons (Fsp3) is 0.231. The second kappa shape index (κ2) is 5.38. The molecule has 0 aliphatic carbocycles. The molecule has 90 valence electrons. The Bertz CT molecular complexity index is 478. The van der Waals surface area contributed by atoms with Crippen LogP contribution >= 0.6 is 15.9 Å². The van der Waals surface area contributed by atoms with Crippen LogP contribution < -0.4 is 10.5 Å². The van der Waals surface area contributed by atoms with E-state index < -0.39 is 0 Å². The van der Waals surface area contributed by atoms with Crippen LogP contribution in [0.4, 0.5) is 0 Å². The third kappa shape index (κ3) is 3.11. The van der Waals surface area contributed by atoms with Crippen molar-refractivity contribution in [3.63, 3.8) is 0 Å². The molecule has 1 aromatic carbocycles. The quantitative estimate of drug-likeness (QED) is 0.941. The topological polar surface area (TPSA) is 48.4 Å². The van der Waals surface area contributed by atoms with Gasteiger partial charge in [-0.25, -0.2) is 0 Å². The van der Waals surface area contributed by atoms with Crippen LogP contribution in [-0.4, -0.2) is 7.11 Å². The Morgan fingerprint density at radius 1 is 1.24 bits per heavy atom. The van der Waals surface area contributed by atoms with Gasteiger partial charge >= 0.3 is 0 Å². The Morgan fingerprint density at radius 2 is 1.94 bits per heavy atom. The smallest absolute Gasteiger partial charge is 0.169 e. The van der Waals surface area contributed by atoms with E-state index in [0.717, 1.165) is 23.5 Å². The summed E-state index contributed by atoms with van der Waals surface area (Å²) in [6.45, 7) is 0. The molecule has 0 aliphatic heterocycles. The molecule has 0 saturated carbocycles. The van der Waals surface area contributed by atoms with Gasteiger partial charge < -0.3 is 14.9 Å². The number of rotatable bonds is 4. The van der Waals surface area contributed by atoms with Crippen LogP contribution in [0.2, 0.25) is 0 Å². The summed E-state index contributed by atoms with van der Waals surface area (Å²) in [7, 11) is 1.65. The summed E-state index contributed by atoms with van der Waals surface area (Å²) in [5, 5.41) is 0. The van der Waals surface area contributed by atoms with Gasteiger partial charge in [-0.1, -0.05) is 12.1 Å². The summed E-state index contributed by atoms with van der Waals surface area (Å²) >= 11 is 3.27. The Labute approximate surface area is 109 Å². The molecule has 2 aromatic rings. The maximum absolute atomic E-state index is 6.07. The van der Waals surface area contributed by atoms with Crippen LogP contribution in [0.3, 0.4) is 0 Å². The van der Waals surface area contributed by atoms with Crippen molar-refractivity contribution < 1.29 is 9.15 Å². The van der Waals surface area contributed by atoms with Gasteiger partial charge in [0.05, 0.1) is 13.2 Å². The van der Waals surface area contributed by atoms with E-state index in [0.29, 0.717) is 4.67 Å². The predicted octanol–water partition coefficient (Wildman–Crippen LogP) is 3.29. The van der Waals surface area contributed by atoms with E-state index in [1.54, 1.807) is 7.11 Å². The van der Waals surface area contributed by atoms with Crippen LogP contribution in [0.15, 0.2) is 45.5 Å². The minimum atomic E-state index is -0.130. The lowest BCUT2D eigenvalue weighted by Crippen LogP contribution is -2.12. The molecule has 0 radical (unpaired) electrons. The van der Waals surface area contributed by atoms with Crippen molar-refractivity contribution >= 4 is 15.9 Å². The van der Waals surface area contributed by atoms with Gasteiger partial charge in [-0.2, -0.15) is 0 Å². The first kappa shape index (κ1) is 12.2. The van der Waals surface area contributed by atoms with E-state index in [2.05, 4.69) is 15.9 Å². The zero-order valence-electron chi connectivity index (χ0n) is 9.52. The normalized spacial score (nSPS) is 12.4. The van der Waals surface area contributed by atoms with Gasteiger partial charge in [0.15, 0.2) is 4.67 Å². The van der Waals surface area contributed by atoms with Crippen LogP contribution in [0.25, 0.3) is 0 Å². The van der Waals surface area contributed by atoms with Gasteiger partial charge in [-0.3, -0.25) is 0 Å². The van der Waals surface area contributed by atoms with Gasteiger partial charge in [-0.15, -0.1) is 0 Å². The summed E-state index contributed by atoms with van der Waals surface area (Å²) < 4.78 is 11.2. The summed E-state index contributed by atoms with van der Waals surface area (Å²) in [5.41, 5.74) is 7.22. The van der Waals surface area contributed by atoms with Crippen LogP contribution in [-0.2, 0) is 6.42 Å². The molecule has 0 spiro atoms. The number of hydrogen-bond donors (Lipinski definition) is 1. The average molecular weight is 296 g/mol. The Morgan fingerprint density at radius 3 is 2.47 bits per heavy atom. The molecule has 2 rings (SSSR count). The van der Waals surface area contributed by atoms with E-state index in [1.165, 1.54) is 0 Å². The van der Waals surface area contributed by atoms with Crippen LogP contribution in [0.5, 0.6) is 5.75 Å². The Kier molecular flexibility index (Phi) is 3.86. The van der Waals surface area contributed by atoms with Gasteiger partial charge in [0.1, 0.15) is 11.5 Å². The highest BCUT2D eigenvalue weighted by molar-refractivity contribution is 9.10. The summed E-state index contributed by atoms with van der Waals surface area (Å²) in [6, 6.07) is 11.5.